The van der Waals surface area contributed by atoms with E-state index in [1.54, 1.807) is 12.1 Å². The normalized spacial score (nSPS) is 13.7. The Labute approximate surface area is 133 Å². The molecule has 1 heterocycles. The summed E-state index contributed by atoms with van der Waals surface area (Å²) in [5.41, 5.74) is 1.78. The molecule has 1 amide bonds. The Morgan fingerprint density at radius 1 is 1.19 bits per heavy atom. The molecule has 21 heavy (non-hydrogen) atoms. The number of nitrogens with zero attached hydrogens (tertiary/aromatic N) is 1. The molecule has 3 rings (SSSR count). The minimum absolute atomic E-state index is 0.0511. The van der Waals surface area contributed by atoms with E-state index >= 15 is 0 Å². The highest BCUT2D eigenvalue weighted by atomic mass is 35.5. The summed E-state index contributed by atoms with van der Waals surface area (Å²) in [4.78, 5) is 15.6. The maximum Gasteiger partial charge on any atom is 0.243 e. The number of fused-ring (bicyclic) bond motifs is 1. The van der Waals surface area contributed by atoms with Crippen molar-refractivity contribution in [3.63, 3.8) is 0 Å². The van der Waals surface area contributed by atoms with Crippen LogP contribution in [-0.4, -0.2) is 24.7 Å². The first-order chi connectivity index (χ1) is 10.2. The number of hydrogen-bond acceptors (Lipinski definition) is 3. The van der Waals surface area contributed by atoms with Crippen LogP contribution in [-0.2, 0) is 4.79 Å². The molecule has 2 aromatic rings. The van der Waals surface area contributed by atoms with Gasteiger partial charge in [0, 0.05) is 17.2 Å². The lowest BCUT2D eigenvalue weighted by molar-refractivity contribution is -0.115. The lowest BCUT2D eigenvalue weighted by Crippen LogP contribution is -2.36. The summed E-state index contributed by atoms with van der Waals surface area (Å²) < 4.78 is 0. The van der Waals surface area contributed by atoms with Gasteiger partial charge in [-0.3, -0.25) is 4.79 Å². The molecule has 0 spiro atoms. The van der Waals surface area contributed by atoms with Crippen molar-refractivity contribution in [1.29, 1.82) is 0 Å². The summed E-state index contributed by atoms with van der Waals surface area (Å²) in [6.07, 6.45) is 0. The summed E-state index contributed by atoms with van der Waals surface area (Å²) in [7, 11) is 0. The molecule has 0 unspecified atom stereocenters. The van der Waals surface area contributed by atoms with E-state index in [0.29, 0.717) is 17.3 Å². The third-order valence-corrected chi connectivity index (χ3v) is 4.68. The van der Waals surface area contributed by atoms with Gasteiger partial charge in [-0.2, -0.15) is 0 Å². The Balaban J connectivity index is 1.70. The van der Waals surface area contributed by atoms with Gasteiger partial charge < -0.3 is 10.2 Å². The Morgan fingerprint density at radius 2 is 1.95 bits per heavy atom. The molecule has 0 aliphatic carbocycles. The van der Waals surface area contributed by atoms with Crippen molar-refractivity contribution in [2.75, 3.05) is 29.1 Å². The second-order valence-corrected chi connectivity index (χ2v) is 6.31. The quantitative estimate of drug-likeness (QED) is 0.931. The standard InChI is InChI=1S/C16H15ClN2OS/c17-12-5-1-2-6-13(12)18-16(20)11-19-9-10-21-15-8-4-3-7-14(15)19/h1-8H,9-11H2,(H,18,20). The van der Waals surface area contributed by atoms with Crippen molar-refractivity contribution >= 4 is 40.6 Å². The van der Waals surface area contributed by atoms with Gasteiger partial charge in [0.05, 0.1) is 22.9 Å². The molecule has 0 aromatic heterocycles. The molecule has 0 saturated carbocycles. The molecule has 108 valence electrons. The highest BCUT2D eigenvalue weighted by Crippen LogP contribution is 2.34. The number of rotatable bonds is 3. The second kappa shape index (κ2) is 6.41. The highest BCUT2D eigenvalue weighted by molar-refractivity contribution is 7.99. The molecule has 3 nitrogen and oxygen atoms in total. The fraction of sp³-hybridized carbons (Fsp3) is 0.188. The SMILES string of the molecule is O=C(CN1CCSc2ccccc21)Nc1ccccc1Cl. The molecule has 0 atom stereocenters. The fourth-order valence-electron chi connectivity index (χ4n) is 2.32. The van der Waals surface area contributed by atoms with Gasteiger partial charge in [-0.25, -0.2) is 0 Å². The van der Waals surface area contributed by atoms with E-state index in [0.717, 1.165) is 18.0 Å². The summed E-state index contributed by atoms with van der Waals surface area (Å²) in [5, 5.41) is 3.42. The molecule has 1 aliphatic rings. The van der Waals surface area contributed by atoms with E-state index in [9.17, 15) is 4.79 Å². The number of thioether (sulfide) groups is 1. The molecule has 0 bridgehead atoms. The van der Waals surface area contributed by atoms with Crippen LogP contribution in [0.4, 0.5) is 11.4 Å². The van der Waals surface area contributed by atoms with Crippen LogP contribution >= 0.6 is 23.4 Å². The van der Waals surface area contributed by atoms with Crippen LogP contribution in [0.15, 0.2) is 53.4 Å². The van der Waals surface area contributed by atoms with Crippen LogP contribution in [0.25, 0.3) is 0 Å². The van der Waals surface area contributed by atoms with Gasteiger partial charge >= 0.3 is 0 Å². The monoisotopic (exact) mass is 318 g/mol. The Morgan fingerprint density at radius 3 is 2.81 bits per heavy atom. The number of halogens is 1. The minimum Gasteiger partial charge on any atom is -0.360 e. The summed E-state index contributed by atoms with van der Waals surface area (Å²) in [6.45, 7) is 1.21. The molecule has 5 heteroatoms. The molecule has 0 fully saturated rings. The van der Waals surface area contributed by atoms with Crippen LogP contribution in [0.1, 0.15) is 0 Å². The van der Waals surface area contributed by atoms with E-state index in [4.69, 9.17) is 11.6 Å². The van der Waals surface area contributed by atoms with E-state index in [-0.39, 0.29) is 5.91 Å². The molecule has 2 aromatic carbocycles. The van der Waals surface area contributed by atoms with Gasteiger partial charge in [0.1, 0.15) is 0 Å². The first-order valence-corrected chi connectivity index (χ1v) is 8.11. The Hall–Kier alpha value is -1.65. The number of para-hydroxylation sites is 2. The van der Waals surface area contributed by atoms with Gasteiger partial charge in [0.2, 0.25) is 5.91 Å². The predicted molar refractivity (Wildman–Crippen MR) is 89.5 cm³/mol. The van der Waals surface area contributed by atoms with E-state index in [2.05, 4.69) is 22.3 Å². The van der Waals surface area contributed by atoms with Gasteiger partial charge in [-0.05, 0) is 24.3 Å². The minimum atomic E-state index is -0.0511. The van der Waals surface area contributed by atoms with Crippen LogP contribution in [0.5, 0.6) is 0 Å². The largest absolute Gasteiger partial charge is 0.360 e. The van der Waals surface area contributed by atoms with Gasteiger partial charge in [0.15, 0.2) is 0 Å². The molecule has 1 N–H and O–H groups in total. The zero-order valence-electron chi connectivity index (χ0n) is 11.4. The third kappa shape index (κ3) is 3.34. The number of hydrogen-bond donors (Lipinski definition) is 1. The number of carbonyl (C=O) groups is 1. The lowest BCUT2D eigenvalue weighted by atomic mass is 10.2. The molecular formula is C16H15ClN2OS. The Bertz CT molecular complexity index is 662. The summed E-state index contributed by atoms with van der Waals surface area (Å²) in [6, 6.07) is 15.5. The van der Waals surface area contributed by atoms with Crippen molar-refractivity contribution in [3.05, 3.63) is 53.6 Å². The fourth-order valence-corrected chi connectivity index (χ4v) is 3.55. The molecule has 1 aliphatic heterocycles. The molecular weight excluding hydrogens is 304 g/mol. The van der Waals surface area contributed by atoms with Crippen molar-refractivity contribution in [1.82, 2.24) is 0 Å². The number of benzene rings is 2. The van der Waals surface area contributed by atoms with E-state index in [1.807, 2.05) is 36.0 Å². The Kier molecular flexibility index (Phi) is 4.36. The van der Waals surface area contributed by atoms with E-state index < -0.39 is 0 Å². The maximum absolute atomic E-state index is 12.2. The third-order valence-electron chi connectivity index (χ3n) is 3.31. The number of carbonyl (C=O) groups excluding carboxylic acids is 1. The van der Waals surface area contributed by atoms with E-state index in [1.165, 1.54) is 4.90 Å². The molecule has 0 radical (unpaired) electrons. The predicted octanol–water partition coefficient (Wildman–Crippen LogP) is 3.89. The average molecular weight is 319 g/mol. The zero-order valence-corrected chi connectivity index (χ0v) is 13.0. The average Bonchev–Trinajstić information content (AvgIpc) is 2.50. The summed E-state index contributed by atoms with van der Waals surface area (Å²) >= 11 is 7.89. The zero-order chi connectivity index (χ0) is 14.7. The van der Waals surface area contributed by atoms with Gasteiger partial charge in [-0.1, -0.05) is 35.9 Å². The van der Waals surface area contributed by atoms with Crippen LogP contribution < -0.4 is 10.2 Å². The van der Waals surface area contributed by atoms with Crippen LogP contribution in [0.3, 0.4) is 0 Å². The van der Waals surface area contributed by atoms with Crippen LogP contribution in [0, 0.1) is 0 Å². The topological polar surface area (TPSA) is 32.3 Å². The highest BCUT2D eigenvalue weighted by Gasteiger charge is 2.19. The smallest absolute Gasteiger partial charge is 0.243 e. The second-order valence-electron chi connectivity index (χ2n) is 4.77. The van der Waals surface area contributed by atoms with Crippen molar-refractivity contribution in [2.45, 2.75) is 4.90 Å². The number of amides is 1. The first-order valence-electron chi connectivity index (χ1n) is 6.75. The van der Waals surface area contributed by atoms with Crippen molar-refractivity contribution < 1.29 is 4.79 Å². The first kappa shape index (κ1) is 14.3. The van der Waals surface area contributed by atoms with Crippen LogP contribution in [0.2, 0.25) is 5.02 Å². The van der Waals surface area contributed by atoms with Crippen molar-refractivity contribution in [3.8, 4) is 0 Å². The lowest BCUT2D eigenvalue weighted by Gasteiger charge is -2.30. The maximum atomic E-state index is 12.2. The van der Waals surface area contributed by atoms with Crippen molar-refractivity contribution in [2.24, 2.45) is 0 Å². The van der Waals surface area contributed by atoms with Gasteiger partial charge in [-0.15, -0.1) is 11.8 Å². The van der Waals surface area contributed by atoms with Gasteiger partial charge in [0.25, 0.3) is 0 Å². The number of nitrogens with one attached hydrogen (secondary N) is 1. The number of anilines is 2. The summed E-state index contributed by atoms with van der Waals surface area (Å²) in [5.74, 6) is 0.945. The molecule has 0 saturated heterocycles.